The predicted molar refractivity (Wildman–Crippen MR) is 77.8 cm³/mol. The van der Waals surface area contributed by atoms with E-state index in [0.29, 0.717) is 17.6 Å². The second kappa shape index (κ2) is 6.86. The molecule has 0 atom stereocenters. The first-order valence-electron chi connectivity index (χ1n) is 6.76. The largest absolute Gasteiger partial charge is 0.493 e. The Morgan fingerprint density at radius 1 is 1.13 bits per heavy atom. The number of aliphatic hydroxyl groups is 1. The van der Waals surface area contributed by atoms with Gasteiger partial charge in [-0.05, 0) is 12.5 Å². The van der Waals surface area contributed by atoms with Crippen LogP contribution in [0.15, 0.2) is 12.1 Å². The lowest BCUT2D eigenvalue weighted by molar-refractivity contribution is -0.144. The predicted octanol–water partition coefficient (Wildman–Crippen LogP) is 2.46. The molecule has 0 saturated carbocycles. The Morgan fingerprint density at radius 3 is 2.35 bits per heavy atom. The number of benzene rings is 1. The Hall–Kier alpha value is -2.29. The molecular formula is C14H16F3N3O3. The Balaban J connectivity index is 2.62. The van der Waals surface area contributed by atoms with E-state index in [1.807, 2.05) is 0 Å². The minimum Gasteiger partial charge on any atom is -0.493 e. The average Bonchev–Trinajstić information content (AvgIpc) is 2.52. The quantitative estimate of drug-likeness (QED) is 0.792. The molecule has 0 spiro atoms. The number of alkyl halides is 3. The molecule has 0 amide bonds. The van der Waals surface area contributed by atoms with Crippen molar-refractivity contribution in [1.82, 2.24) is 9.97 Å². The molecule has 9 heteroatoms. The summed E-state index contributed by atoms with van der Waals surface area (Å²) in [5.41, 5.74) is 0.0801. The van der Waals surface area contributed by atoms with Gasteiger partial charge in [0.1, 0.15) is 5.82 Å². The number of aromatic nitrogens is 2. The third-order valence-corrected chi connectivity index (χ3v) is 3.08. The molecule has 2 aromatic rings. The minimum absolute atomic E-state index is 0.0247. The lowest BCUT2D eigenvalue weighted by Gasteiger charge is -2.14. The van der Waals surface area contributed by atoms with E-state index in [1.165, 1.54) is 26.4 Å². The normalized spacial score (nSPS) is 11.6. The summed E-state index contributed by atoms with van der Waals surface area (Å²) in [6.45, 7) is 0.188. The SMILES string of the molecule is COc1cc2nc(C(F)(F)F)nc(NCCCO)c2cc1OC. The monoisotopic (exact) mass is 331 g/mol. The van der Waals surface area contributed by atoms with Gasteiger partial charge in [-0.25, -0.2) is 9.97 Å². The number of anilines is 1. The fraction of sp³-hybridized carbons (Fsp3) is 0.429. The smallest absolute Gasteiger partial charge is 0.451 e. The van der Waals surface area contributed by atoms with Crippen molar-refractivity contribution in [1.29, 1.82) is 0 Å². The summed E-state index contributed by atoms with van der Waals surface area (Å²) in [6.07, 6.45) is -4.30. The highest BCUT2D eigenvalue weighted by molar-refractivity contribution is 5.91. The zero-order valence-corrected chi connectivity index (χ0v) is 12.6. The summed E-state index contributed by atoms with van der Waals surface area (Å²) in [7, 11) is 2.81. The molecule has 0 saturated heterocycles. The van der Waals surface area contributed by atoms with Crippen molar-refractivity contribution in [3.8, 4) is 11.5 Å². The molecule has 1 aromatic heterocycles. The molecule has 126 valence electrons. The van der Waals surface area contributed by atoms with Gasteiger partial charge in [-0.2, -0.15) is 13.2 Å². The topological polar surface area (TPSA) is 76.5 Å². The number of nitrogens with one attached hydrogen (secondary N) is 1. The fourth-order valence-electron chi connectivity index (χ4n) is 2.00. The first kappa shape index (κ1) is 17.1. The van der Waals surface area contributed by atoms with Gasteiger partial charge in [0, 0.05) is 24.6 Å². The summed E-state index contributed by atoms with van der Waals surface area (Å²) >= 11 is 0. The first-order valence-corrected chi connectivity index (χ1v) is 6.76. The van der Waals surface area contributed by atoms with Crippen LogP contribution in [-0.2, 0) is 6.18 Å². The van der Waals surface area contributed by atoms with Crippen LogP contribution in [0.5, 0.6) is 11.5 Å². The fourth-order valence-corrected chi connectivity index (χ4v) is 2.00. The zero-order chi connectivity index (χ0) is 17.0. The van der Waals surface area contributed by atoms with Crippen LogP contribution in [0.3, 0.4) is 0 Å². The molecule has 6 nitrogen and oxygen atoms in total. The van der Waals surface area contributed by atoms with Crippen molar-refractivity contribution in [2.24, 2.45) is 0 Å². The van der Waals surface area contributed by atoms with Crippen LogP contribution in [0.4, 0.5) is 19.0 Å². The Labute approximate surface area is 130 Å². The minimum atomic E-state index is -4.67. The van der Waals surface area contributed by atoms with Crippen LogP contribution in [-0.4, -0.2) is 42.4 Å². The average molecular weight is 331 g/mol. The molecule has 0 bridgehead atoms. The van der Waals surface area contributed by atoms with Crippen LogP contribution in [0.25, 0.3) is 10.9 Å². The molecule has 0 fully saturated rings. The number of aliphatic hydroxyl groups excluding tert-OH is 1. The molecule has 0 unspecified atom stereocenters. The Bertz CT molecular complexity index is 692. The molecule has 2 N–H and O–H groups in total. The lowest BCUT2D eigenvalue weighted by Crippen LogP contribution is -2.14. The van der Waals surface area contributed by atoms with Crippen molar-refractivity contribution < 1.29 is 27.8 Å². The highest BCUT2D eigenvalue weighted by Crippen LogP contribution is 2.36. The van der Waals surface area contributed by atoms with E-state index < -0.39 is 12.0 Å². The lowest BCUT2D eigenvalue weighted by atomic mass is 10.2. The van der Waals surface area contributed by atoms with E-state index in [0.717, 1.165) is 0 Å². The van der Waals surface area contributed by atoms with Gasteiger partial charge in [0.15, 0.2) is 11.5 Å². The molecule has 23 heavy (non-hydrogen) atoms. The van der Waals surface area contributed by atoms with Crippen LogP contribution in [0, 0.1) is 0 Å². The number of hydrogen-bond acceptors (Lipinski definition) is 6. The molecule has 1 heterocycles. The maximum Gasteiger partial charge on any atom is 0.451 e. The van der Waals surface area contributed by atoms with E-state index in [4.69, 9.17) is 14.6 Å². The number of halogens is 3. The van der Waals surface area contributed by atoms with Gasteiger partial charge in [0.2, 0.25) is 5.82 Å². The summed E-state index contributed by atoms with van der Waals surface area (Å²) < 4.78 is 49.1. The van der Waals surface area contributed by atoms with E-state index in [1.54, 1.807) is 0 Å². The molecule has 0 radical (unpaired) electrons. The number of rotatable bonds is 6. The summed E-state index contributed by atoms with van der Waals surface area (Å²) in [6, 6.07) is 2.87. The van der Waals surface area contributed by atoms with Crippen molar-refractivity contribution in [3.63, 3.8) is 0 Å². The van der Waals surface area contributed by atoms with Crippen LogP contribution < -0.4 is 14.8 Å². The third kappa shape index (κ3) is 3.73. The molecule has 1 aromatic carbocycles. The molecule has 0 aliphatic rings. The number of nitrogens with zero attached hydrogens (tertiary/aromatic N) is 2. The van der Waals surface area contributed by atoms with Crippen LogP contribution in [0.2, 0.25) is 0 Å². The van der Waals surface area contributed by atoms with Crippen LogP contribution >= 0.6 is 0 Å². The van der Waals surface area contributed by atoms with Gasteiger partial charge >= 0.3 is 6.18 Å². The summed E-state index contributed by atoms with van der Waals surface area (Å²) in [4.78, 5) is 7.11. The summed E-state index contributed by atoms with van der Waals surface area (Å²) in [5.74, 6) is -0.595. The number of hydrogen-bond donors (Lipinski definition) is 2. The second-order valence-electron chi connectivity index (χ2n) is 4.62. The van der Waals surface area contributed by atoms with Crippen molar-refractivity contribution in [2.45, 2.75) is 12.6 Å². The van der Waals surface area contributed by atoms with Gasteiger partial charge < -0.3 is 19.9 Å². The Kier molecular flexibility index (Phi) is 5.09. The van der Waals surface area contributed by atoms with Crippen molar-refractivity contribution in [3.05, 3.63) is 18.0 Å². The number of methoxy groups -OCH3 is 2. The van der Waals surface area contributed by atoms with E-state index >= 15 is 0 Å². The first-order chi connectivity index (χ1) is 10.9. The third-order valence-electron chi connectivity index (χ3n) is 3.08. The van der Waals surface area contributed by atoms with Crippen molar-refractivity contribution in [2.75, 3.05) is 32.7 Å². The zero-order valence-electron chi connectivity index (χ0n) is 12.6. The number of fused-ring (bicyclic) bond motifs is 1. The maximum atomic E-state index is 13.0. The molecule has 0 aliphatic heterocycles. The van der Waals surface area contributed by atoms with E-state index in [-0.39, 0.29) is 30.2 Å². The van der Waals surface area contributed by atoms with Gasteiger partial charge in [-0.1, -0.05) is 0 Å². The molecule has 0 aliphatic carbocycles. The maximum absolute atomic E-state index is 13.0. The number of ether oxygens (including phenoxy) is 2. The van der Waals surface area contributed by atoms with E-state index in [2.05, 4.69) is 15.3 Å². The standard InChI is InChI=1S/C14H16F3N3O3/c1-22-10-6-8-9(7-11(10)23-2)19-13(14(15,16)17)20-12(8)18-4-3-5-21/h6-7,21H,3-5H2,1-2H3,(H,18,19,20). The second-order valence-corrected chi connectivity index (χ2v) is 4.62. The highest BCUT2D eigenvalue weighted by Gasteiger charge is 2.35. The van der Waals surface area contributed by atoms with Gasteiger partial charge in [-0.15, -0.1) is 0 Å². The summed E-state index contributed by atoms with van der Waals surface area (Å²) in [5, 5.41) is 12.0. The van der Waals surface area contributed by atoms with Gasteiger partial charge in [-0.3, -0.25) is 0 Å². The van der Waals surface area contributed by atoms with Gasteiger partial charge in [0.25, 0.3) is 0 Å². The van der Waals surface area contributed by atoms with E-state index in [9.17, 15) is 13.2 Å². The highest BCUT2D eigenvalue weighted by atomic mass is 19.4. The van der Waals surface area contributed by atoms with Crippen LogP contribution in [0.1, 0.15) is 12.2 Å². The van der Waals surface area contributed by atoms with Gasteiger partial charge in [0.05, 0.1) is 19.7 Å². The Morgan fingerprint density at radius 2 is 1.78 bits per heavy atom. The molecule has 2 rings (SSSR count). The van der Waals surface area contributed by atoms with Crippen molar-refractivity contribution >= 4 is 16.7 Å². The molecular weight excluding hydrogens is 315 g/mol.